The van der Waals surface area contributed by atoms with Gasteiger partial charge in [-0.25, -0.2) is 0 Å². The molecule has 118 valence electrons. The minimum absolute atomic E-state index is 0.132. The standard InChI is InChI=1S/C16H30O4/c1-3-17-10-12-19-14-16(8-6-5-7-9-16)15-20-13-11-18-4-2/h5-6H,3-4,7-15H2,1-2H3. The van der Waals surface area contributed by atoms with Crippen LogP contribution in [0.5, 0.6) is 0 Å². The Morgan fingerprint density at radius 1 is 0.800 bits per heavy atom. The molecule has 0 atom stereocenters. The molecule has 20 heavy (non-hydrogen) atoms. The summed E-state index contributed by atoms with van der Waals surface area (Å²) in [6.45, 7) is 9.67. The van der Waals surface area contributed by atoms with Gasteiger partial charge in [0.05, 0.1) is 39.6 Å². The van der Waals surface area contributed by atoms with Gasteiger partial charge in [0.2, 0.25) is 0 Å². The van der Waals surface area contributed by atoms with Gasteiger partial charge in [-0.2, -0.15) is 0 Å². The Kier molecular flexibility index (Phi) is 9.93. The fourth-order valence-electron chi connectivity index (χ4n) is 2.35. The molecule has 0 aromatic rings. The van der Waals surface area contributed by atoms with Crippen molar-refractivity contribution in [2.24, 2.45) is 5.41 Å². The molecule has 1 rings (SSSR count). The average Bonchev–Trinajstić information content (AvgIpc) is 2.48. The molecule has 0 radical (unpaired) electrons. The van der Waals surface area contributed by atoms with Gasteiger partial charge in [0.15, 0.2) is 0 Å². The topological polar surface area (TPSA) is 36.9 Å². The van der Waals surface area contributed by atoms with Gasteiger partial charge >= 0.3 is 0 Å². The molecular weight excluding hydrogens is 256 g/mol. The largest absolute Gasteiger partial charge is 0.379 e. The van der Waals surface area contributed by atoms with Crippen LogP contribution in [0.4, 0.5) is 0 Å². The molecule has 4 heteroatoms. The summed E-state index contributed by atoms with van der Waals surface area (Å²) in [4.78, 5) is 0. The highest BCUT2D eigenvalue weighted by Gasteiger charge is 2.30. The maximum atomic E-state index is 5.79. The smallest absolute Gasteiger partial charge is 0.0700 e. The van der Waals surface area contributed by atoms with Crippen LogP contribution < -0.4 is 0 Å². The number of ether oxygens (including phenoxy) is 4. The second-order valence-corrected chi connectivity index (χ2v) is 5.21. The van der Waals surface area contributed by atoms with Crippen molar-refractivity contribution in [1.29, 1.82) is 0 Å². The summed E-state index contributed by atoms with van der Waals surface area (Å²) >= 11 is 0. The quantitative estimate of drug-likeness (QED) is 0.408. The maximum Gasteiger partial charge on any atom is 0.0700 e. The summed E-state index contributed by atoms with van der Waals surface area (Å²) in [5.74, 6) is 0. The molecule has 0 fully saturated rings. The van der Waals surface area contributed by atoms with Crippen molar-refractivity contribution >= 4 is 0 Å². The van der Waals surface area contributed by atoms with Gasteiger partial charge in [0.1, 0.15) is 0 Å². The van der Waals surface area contributed by atoms with Crippen LogP contribution in [0.15, 0.2) is 12.2 Å². The summed E-state index contributed by atoms with van der Waals surface area (Å²) < 4.78 is 22.2. The summed E-state index contributed by atoms with van der Waals surface area (Å²) in [5, 5.41) is 0. The van der Waals surface area contributed by atoms with Crippen LogP contribution in [0, 0.1) is 5.41 Å². The highest BCUT2D eigenvalue weighted by Crippen LogP contribution is 2.33. The molecule has 0 saturated carbocycles. The van der Waals surface area contributed by atoms with Crippen molar-refractivity contribution in [3.05, 3.63) is 12.2 Å². The van der Waals surface area contributed by atoms with Crippen LogP contribution in [-0.2, 0) is 18.9 Å². The van der Waals surface area contributed by atoms with E-state index in [0.717, 1.165) is 45.7 Å². The summed E-state index contributed by atoms with van der Waals surface area (Å²) in [6, 6.07) is 0. The predicted octanol–water partition coefficient (Wildman–Crippen LogP) is 2.82. The predicted molar refractivity (Wildman–Crippen MR) is 80.0 cm³/mol. The first-order chi connectivity index (χ1) is 9.83. The van der Waals surface area contributed by atoms with Crippen molar-refractivity contribution in [3.63, 3.8) is 0 Å². The molecule has 0 unspecified atom stereocenters. The molecule has 4 nitrogen and oxygen atoms in total. The Bertz CT molecular complexity index is 239. The third-order valence-electron chi connectivity index (χ3n) is 3.53. The normalized spacial score (nSPS) is 17.5. The molecule has 0 amide bonds. The molecule has 0 aromatic carbocycles. The number of hydrogen-bond donors (Lipinski definition) is 0. The fraction of sp³-hybridized carbons (Fsp3) is 0.875. The molecule has 0 aromatic heterocycles. The van der Waals surface area contributed by atoms with E-state index in [1.807, 2.05) is 13.8 Å². The first-order valence-corrected chi connectivity index (χ1v) is 7.79. The van der Waals surface area contributed by atoms with Gasteiger partial charge in [0, 0.05) is 18.6 Å². The van der Waals surface area contributed by atoms with Gasteiger partial charge in [-0.3, -0.25) is 0 Å². The van der Waals surface area contributed by atoms with E-state index in [1.54, 1.807) is 0 Å². The second kappa shape index (κ2) is 11.3. The monoisotopic (exact) mass is 286 g/mol. The van der Waals surface area contributed by atoms with Crippen LogP contribution in [-0.4, -0.2) is 52.9 Å². The molecule has 1 aliphatic carbocycles. The summed E-state index contributed by atoms with van der Waals surface area (Å²) in [6.07, 6.45) is 7.78. The van der Waals surface area contributed by atoms with E-state index in [0.29, 0.717) is 26.4 Å². The lowest BCUT2D eigenvalue weighted by molar-refractivity contribution is -0.0495. The third kappa shape index (κ3) is 7.39. The molecule has 0 saturated heterocycles. The van der Waals surface area contributed by atoms with Crippen molar-refractivity contribution < 1.29 is 18.9 Å². The average molecular weight is 286 g/mol. The molecule has 0 N–H and O–H groups in total. The van der Waals surface area contributed by atoms with E-state index in [4.69, 9.17) is 18.9 Å². The van der Waals surface area contributed by atoms with Crippen molar-refractivity contribution in [2.45, 2.75) is 33.1 Å². The Balaban J connectivity index is 2.24. The van der Waals surface area contributed by atoms with Crippen molar-refractivity contribution in [1.82, 2.24) is 0 Å². The van der Waals surface area contributed by atoms with E-state index in [-0.39, 0.29) is 5.41 Å². The Morgan fingerprint density at radius 3 is 1.80 bits per heavy atom. The summed E-state index contributed by atoms with van der Waals surface area (Å²) in [5.41, 5.74) is 0.132. The molecule has 0 heterocycles. The molecule has 0 aliphatic heterocycles. The minimum atomic E-state index is 0.132. The zero-order valence-electron chi connectivity index (χ0n) is 13.1. The van der Waals surface area contributed by atoms with Crippen LogP contribution in [0.3, 0.4) is 0 Å². The van der Waals surface area contributed by atoms with Crippen molar-refractivity contribution in [2.75, 3.05) is 52.9 Å². The highest BCUT2D eigenvalue weighted by atomic mass is 16.5. The van der Waals surface area contributed by atoms with Crippen LogP contribution in [0.1, 0.15) is 33.1 Å². The van der Waals surface area contributed by atoms with E-state index >= 15 is 0 Å². The maximum absolute atomic E-state index is 5.79. The second-order valence-electron chi connectivity index (χ2n) is 5.21. The lowest BCUT2D eigenvalue weighted by Crippen LogP contribution is -2.34. The Labute approximate surface area is 123 Å². The Morgan fingerprint density at radius 2 is 1.35 bits per heavy atom. The van der Waals surface area contributed by atoms with Gasteiger partial charge in [-0.05, 0) is 33.1 Å². The molecular formula is C16H30O4. The SMILES string of the molecule is CCOCCOCC1(COCCOCC)CC=CCC1. The van der Waals surface area contributed by atoms with Gasteiger partial charge in [-0.15, -0.1) is 0 Å². The number of rotatable bonds is 12. The Hall–Kier alpha value is -0.420. The lowest BCUT2D eigenvalue weighted by atomic mass is 9.78. The summed E-state index contributed by atoms with van der Waals surface area (Å²) in [7, 11) is 0. The van der Waals surface area contributed by atoms with E-state index in [1.165, 1.54) is 0 Å². The van der Waals surface area contributed by atoms with Crippen LogP contribution in [0.2, 0.25) is 0 Å². The van der Waals surface area contributed by atoms with E-state index < -0.39 is 0 Å². The van der Waals surface area contributed by atoms with Crippen LogP contribution >= 0.6 is 0 Å². The first-order valence-electron chi connectivity index (χ1n) is 7.79. The number of hydrogen-bond acceptors (Lipinski definition) is 4. The van der Waals surface area contributed by atoms with Gasteiger partial charge < -0.3 is 18.9 Å². The zero-order chi connectivity index (χ0) is 14.5. The van der Waals surface area contributed by atoms with E-state index in [9.17, 15) is 0 Å². The van der Waals surface area contributed by atoms with Gasteiger partial charge in [-0.1, -0.05) is 12.2 Å². The first kappa shape index (κ1) is 17.6. The van der Waals surface area contributed by atoms with Crippen molar-refractivity contribution in [3.8, 4) is 0 Å². The van der Waals surface area contributed by atoms with Crippen LogP contribution in [0.25, 0.3) is 0 Å². The molecule has 1 aliphatic rings. The molecule has 0 bridgehead atoms. The van der Waals surface area contributed by atoms with Gasteiger partial charge in [0.25, 0.3) is 0 Å². The third-order valence-corrected chi connectivity index (χ3v) is 3.53. The van der Waals surface area contributed by atoms with E-state index in [2.05, 4.69) is 12.2 Å². The lowest BCUT2D eigenvalue weighted by Gasteiger charge is -2.34. The fourth-order valence-corrected chi connectivity index (χ4v) is 2.35. The number of allylic oxidation sites excluding steroid dienone is 2. The molecule has 0 spiro atoms. The zero-order valence-corrected chi connectivity index (χ0v) is 13.1. The highest BCUT2D eigenvalue weighted by molar-refractivity contribution is 4.98. The minimum Gasteiger partial charge on any atom is -0.379 e.